The van der Waals surface area contributed by atoms with Gasteiger partial charge in [0.2, 0.25) is 0 Å². The van der Waals surface area contributed by atoms with Crippen LogP contribution < -0.4 is 9.64 Å². The van der Waals surface area contributed by atoms with Crippen molar-refractivity contribution in [1.29, 1.82) is 0 Å². The molecule has 4 rings (SSSR count). The minimum atomic E-state index is -4.34. The van der Waals surface area contributed by atoms with Gasteiger partial charge in [-0.15, -0.1) is 0 Å². The van der Waals surface area contributed by atoms with Crippen molar-refractivity contribution < 1.29 is 32.7 Å². The molecule has 0 bridgehead atoms. The van der Waals surface area contributed by atoms with Crippen molar-refractivity contribution in [1.82, 2.24) is 9.55 Å². The Bertz CT molecular complexity index is 1250. The van der Waals surface area contributed by atoms with E-state index in [4.69, 9.17) is 21.1 Å². The largest absolute Gasteiger partial charge is 0.491 e. The van der Waals surface area contributed by atoms with Crippen molar-refractivity contribution in [2.24, 2.45) is 5.92 Å². The third-order valence-electron chi connectivity index (χ3n) is 6.77. The van der Waals surface area contributed by atoms with Crippen LogP contribution in [0, 0.1) is 16.0 Å². The molecule has 1 aliphatic heterocycles. The molecule has 1 fully saturated rings. The normalized spacial score (nSPS) is 15.3. The number of imidazole rings is 1. The van der Waals surface area contributed by atoms with Crippen LogP contribution >= 0.6 is 11.6 Å². The number of benzene rings is 2. The topological polar surface area (TPSA) is 103 Å². The van der Waals surface area contributed by atoms with E-state index in [0.717, 1.165) is 43.8 Å². The maximum absolute atomic E-state index is 12.7. The summed E-state index contributed by atoms with van der Waals surface area (Å²) >= 11 is 5.89. The number of hydrogen-bond donors (Lipinski definition) is 1. The molecule has 0 spiro atoms. The smallest absolute Gasteiger partial charge is 0.416 e. The first-order valence-electron chi connectivity index (χ1n) is 12.9. The minimum absolute atomic E-state index is 0.00915. The van der Waals surface area contributed by atoms with E-state index in [2.05, 4.69) is 9.88 Å². The van der Waals surface area contributed by atoms with Gasteiger partial charge in [-0.3, -0.25) is 4.57 Å². The highest BCUT2D eigenvalue weighted by Crippen LogP contribution is 2.29. The summed E-state index contributed by atoms with van der Waals surface area (Å²) in [4.78, 5) is 16.1. The molecule has 1 atom stereocenters. The number of rotatable bonds is 12. The van der Waals surface area contributed by atoms with Gasteiger partial charge in [0.15, 0.2) is 0 Å². The fourth-order valence-electron chi connectivity index (χ4n) is 4.43. The number of aromatic nitrogens is 2. The van der Waals surface area contributed by atoms with Gasteiger partial charge in [-0.05, 0) is 88.7 Å². The Morgan fingerprint density at radius 3 is 2.40 bits per heavy atom. The molecule has 1 N–H and O–H groups in total. The second-order valence-electron chi connectivity index (χ2n) is 9.71. The Hall–Kier alpha value is -3.35. The van der Waals surface area contributed by atoms with Crippen LogP contribution in [0.1, 0.15) is 30.4 Å². The number of nitro groups is 1. The van der Waals surface area contributed by atoms with Crippen molar-refractivity contribution in [3.05, 3.63) is 81.3 Å². The van der Waals surface area contributed by atoms with Gasteiger partial charge in [0.25, 0.3) is 0 Å². The number of aryl methyl sites for hydroxylation is 1. The van der Waals surface area contributed by atoms with Gasteiger partial charge in [-0.2, -0.15) is 13.2 Å². The van der Waals surface area contributed by atoms with Crippen LogP contribution in [0.15, 0.2) is 54.7 Å². The molecule has 0 saturated carbocycles. The molecule has 2 aromatic carbocycles. The van der Waals surface area contributed by atoms with Crippen molar-refractivity contribution >= 4 is 23.1 Å². The SMILES string of the molecule is O=[N+]([O-])c1cn(CCC(O)COc2ccc(N3CCC(COCc4ccc(C(F)(F)F)cc4)CC3)cc2)c(Cl)n1. The summed E-state index contributed by atoms with van der Waals surface area (Å²) in [6, 6.07) is 12.7. The summed E-state index contributed by atoms with van der Waals surface area (Å²) in [6.07, 6.45) is -1.72. The number of halogens is 4. The summed E-state index contributed by atoms with van der Waals surface area (Å²) in [5.41, 5.74) is 1.12. The van der Waals surface area contributed by atoms with E-state index >= 15 is 0 Å². The lowest BCUT2D eigenvalue weighted by Gasteiger charge is -2.33. The van der Waals surface area contributed by atoms with Crippen LogP contribution in [-0.4, -0.2) is 52.0 Å². The first kappa shape index (κ1) is 29.6. The van der Waals surface area contributed by atoms with Gasteiger partial charge in [0.05, 0.1) is 18.3 Å². The molecule has 0 radical (unpaired) electrons. The molecule has 40 heavy (non-hydrogen) atoms. The second-order valence-corrected chi connectivity index (χ2v) is 10.0. The fourth-order valence-corrected chi connectivity index (χ4v) is 4.65. The Morgan fingerprint density at radius 2 is 1.80 bits per heavy atom. The van der Waals surface area contributed by atoms with Crippen LogP contribution in [-0.2, 0) is 24.1 Å². The molecule has 2 heterocycles. The number of hydrogen-bond acceptors (Lipinski definition) is 7. The molecular formula is C27H30ClF3N4O5. The second kappa shape index (κ2) is 13.3. The number of piperidine rings is 1. The first-order chi connectivity index (χ1) is 19.1. The molecule has 1 aliphatic rings. The highest BCUT2D eigenvalue weighted by Gasteiger charge is 2.30. The van der Waals surface area contributed by atoms with Gasteiger partial charge < -0.3 is 29.6 Å². The zero-order valence-corrected chi connectivity index (χ0v) is 22.4. The van der Waals surface area contributed by atoms with Gasteiger partial charge >= 0.3 is 17.3 Å². The number of anilines is 1. The summed E-state index contributed by atoms with van der Waals surface area (Å²) < 4.78 is 50.9. The number of ether oxygens (including phenoxy) is 2. The van der Waals surface area contributed by atoms with Gasteiger partial charge in [0, 0.05) is 31.9 Å². The quantitative estimate of drug-likeness (QED) is 0.215. The molecule has 216 valence electrons. The molecule has 3 aromatic rings. The Kier molecular flexibility index (Phi) is 9.88. The van der Waals surface area contributed by atoms with Crippen molar-refractivity contribution in [2.75, 3.05) is 31.2 Å². The molecular weight excluding hydrogens is 553 g/mol. The zero-order chi connectivity index (χ0) is 28.7. The van der Waals surface area contributed by atoms with E-state index in [1.54, 1.807) is 0 Å². The van der Waals surface area contributed by atoms with Gasteiger partial charge in [-0.25, -0.2) is 0 Å². The zero-order valence-electron chi connectivity index (χ0n) is 21.6. The Morgan fingerprint density at radius 1 is 1.12 bits per heavy atom. The van der Waals surface area contributed by atoms with Crippen LogP contribution in [0.4, 0.5) is 24.7 Å². The number of nitrogens with zero attached hydrogens (tertiary/aromatic N) is 4. The highest BCUT2D eigenvalue weighted by molar-refractivity contribution is 6.28. The van der Waals surface area contributed by atoms with Crippen molar-refractivity contribution in [3.63, 3.8) is 0 Å². The molecule has 0 aliphatic carbocycles. The number of aliphatic hydroxyl groups excluding tert-OH is 1. The lowest BCUT2D eigenvalue weighted by Crippen LogP contribution is -2.35. The molecule has 13 heteroatoms. The maximum Gasteiger partial charge on any atom is 0.416 e. The summed E-state index contributed by atoms with van der Waals surface area (Å²) in [5.74, 6) is 0.661. The number of aliphatic hydroxyl groups is 1. The van der Waals surface area contributed by atoms with E-state index in [1.165, 1.54) is 22.9 Å². The van der Waals surface area contributed by atoms with Gasteiger partial charge in [0.1, 0.15) is 18.6 Å². The Labute approximate surface area is 234 Å². The third kappa shape index (κ3) is 8.33. The molecule has 9 nitrogen and oxygen atoms in total. The highest BCUT2D eigenvalue weighted by atomic mass is 35.5. The van der Waals surface area contributed by atoms with E-state index in [0.29, 0.717) is 23.8 Å². The van der Waals surface area contributed by atoms with Gasteiger partial charge in [-0.1, -0.05) is 12.1 Å². The van der Waals surface area contributed by atoms with Crippen molar-refractivity contribution in [2.45, 2.75) is 44.7 Å². The van der Waals surface area contributed by atoms with E-state index < -0.39 is 22.8 Å². The average Bonchev–Trinajstić information content (AvgIpc) is 3.32. The lowest BCUT2D eigenvalue weighted by atomic mass is 9.97. The standard InChI is InChI=1S/C27H30ClF3N4O5/c28-26-32-25(35(37)38)15-34(26)14-11-23(36)18-40-24-7-5-22(6-8-24)33-12-9-20(10-13-33)17-39-16-19-1-3-21(4-2-19)27(29,30)31/h1-8,15,20,23,36H,9-14,16-18H2. The molecule has 0 amide bonds. The van der Waals surface area contributed by atoms with Crippen molar-refractivity contribution in [3.8, 4) is 5.75 Å². The summed E-state index contributed by atoms with van der Waals surface area (Å²) in [7, 11) is 0. The van der Waals surface area contributed by atoms with Crippen LogP contribution in [0.25, 0.3) is 0 Å². The average molecular weight is 583 g/mol. The predicted octanol–water partition coefficient (Wildman–Crippen LogP) is 5.73. The summed E-state index contributed by atoms with van der Waals surface area (Å²) in [5, 5.41) is 21.0. The minimum Gasteiger partial charge on any atom is -0.491 e. The van der Waals surface area contributed by atoms with Crippen LogP contribution in [0.2, 0.25) is 5.28 Å². The first-order valence-corrected chi connectivity index (χ1v) is 13.2. The van der Waals surface area contributed by atoms with Crippen LogP contribution in [0.3, 0.4) is 0 Å². The fraction of sp³-hybridized carbons (Fsp3) is 0.444. The lowest BCUT2D eigenvalue weighted by molar-refractivity contribution is -0.389. The molecule has 1 saturated heterocycles. The number of alkyl halides is 3. The van der Waals surface area contributed by atoms with E-state index in [-0.39, 0.29) is 37.3 Å². The van der Waals surface area contributed by atoms with E-state index in [1.807, 2.05) is 24.3 Å². The molecule has 1 unspecified atom stereocenters. The monoisotopic (exact) mass is 582 g/mol. The predicted molar refractivity (Wildman–Crippen MR) is 142 cm³/mol. The Balaban J connectivity index is 1.14. The van der Waals surface area contributed by atoms with Crippen LogP contribution in [0.5, 0.6) is 5.75 Å². The third-order valence-corrected chi connectivity index (χ3v) is 7.07. The maximum atomic E-state index is 12.7. The van der Waals surface area contributed by atoms with E-state index in [9.17, 15) is 28.4 Å². The summed E-state index contributed by atoms with van der Waals surface area (Å²) in [6.45, 7) is 2.90. The molecule has 1 aromatic heterocycles.